The molecule has 2 aromatic heterocycles. The Labute approximate surface area is 125 Å². The number of alkyl halides is 2. The highest BCUT2D eigenvalue weighted by molar-refractivity contribution is 8.02. The van der Waals surface area contributed by atoms with Gasteiger partial charge in [0.25, 0.3) is 6.43 Å². The second-order valence-corrected chi connectivity index (χ2v) is 5.73. The predicted molar refractivity (Wildman–Crippen MR) is 80.1 cm³/mol. The lowest BCUT2D eigenvalue weighted by molar-refractivity contribution is 0.144. The zero-order chi connectivity index (χ0) is 15.0. The van der Waals surface area contributed by atoms with Crippen LogP contribution in [0.3, 0.4) is 0 Å². The van der Waals surface area contributed by atoms with Gasteiger partial charge in [0, 0.05) is 12.5 Å². The number of nitrogens with zero attached hydrogens (tertiary/aromatic N) is 4. The van der Waals surface area contributed by atoms with Crippen molar-refractivity contribution in [1.29, 1.82) is 0 Å². The SMILES string of the molecule is CSC1=CC(c2cnc3ccc(C(F)F)nn23)=NCC1C. The van der Waals surface area contributed by atoms with Gasteiger partial charge in [0.05, 0.1) is 11.9 Å². The number of halogens is 2. The third-order valence-corrected chi connectivity index (χ3v) is 4.40. The van der Waals surface area contributed by atoms with E-state index in [0.717, 1.165) is 5.71 Å². The highest BCUT2D eigenvalue weighted by Crippen LogP contribution is 2.27. The van der Waals surface area contributed by atoms with Gasteiger partial charge in [-0.25, -0.2) is 18.3 Å². The van der Waals surface area contributed by atoms with Crippen molar-refractivity contribution in [2.45, 2.75) is 13.3 Å². The normalized spacial score (nSPS) is 19.0. The molecule has 110 valence electrons. The van der Waals surface area contributed by atoms with E-state index in [2.05, 4.69) is 22.0 Å². The van der Waals surface area contributed by atoms with Gasteiger partial charge < -0.3 is 0 Å². The molecule has 0 amide bonds. The molecule has 0 bridgehead atoms. The summed E-state index contributed by atoms with van der Waals surface area (Å²) in [6.07, 6.45) is 3.03. The van der Waals surface area contributed by atoms with Gasteiger partial charge in [-0.15, -0.1) is 11.8 Å². The molecule has 4 nitrogen and oxygen atoms in total. The van der Waals surface area contributed by atoms with Crippen LogP contribution in [0.15, 0.2) is 34.3 Å². The lowest BCUT2D eigenvalue weighted by Gasteiger charge is -2.17. The monoisotopic (exact) mass is 308 g/mol. The molecule has 1 unspecified atom stereocenters. The molecule has 0 saturated heterocycles. The highest BCUT2D eigenvalue weighted by Gasteiger charge is 2.19. The minimum Gasteiger partial charge on any atom is -0.282 e. The molecule has 3 heterocycles. The maximum Gasteiger partial charge on any atom is 0.282 e. The van der Waals surface area contributed by atoms with Gasteiger partial charge in [0.1, 0.15) is 11.4 Å². The van der Waals surface area contributed by atoms with Gasteiger partial charge in [0.2, 0.25) is 0 Å². The first-order valence-corrected chi connectivity index (χ1v) is 7.76. The maximum atomic E-state index is 12.8. The Kier molecular flexibility index (Phi) is 3.75. The van der Waals surface area contributed by atoms with Gasteiger partial charge in [-0.2, -0.15) is 5.10 Å². The molecule has 0 N–H and O–H groups in total. The van der Waals surface area contributed by atoms with Crippen LogP contribution in [0.2, 0.25) is 0 Å². The molecule has 0 spiro atoms. The van der Waals surface area contributed by atoms with E-state index in [1.165, 1.54) is 15.5 Å². The molecule has 1 aliphatic rings. The third-order valence-electron chi connectivity index (χ3n) is 3.40. The first kappa shape index (κ1) is 14.2. The van der Waals surface area contributed by atoms with E-state index >= 15 is 0 Å². The molecule has 0 saturated carbocycles. The molecule has 7 heteroatoms. The minimum absolute atomic E-state index is 0.263. The lowest BCUT2D eigenvalue weighted by Crippen LogP contribution is -2.15. The van der Waals surface area contributed by atoms with Crippen molar-refractivity contribution in [3.05, 3.63) is 40.7 Å². The second kappa shape index (κ2) is 5.55. The molecule has 3 rings (SSSR count). The van der Waals surface area contributed by atoms with E-state index in [4.69, 9.17) is 0 Å². The summed E-state index contributed by atoms with van der Waals surface area (Å²) < 4.78 is 27.0. The van der Waals surface area contributed by atoms with Crippen LogP contribution in [0, 0.1) is 5.92 Å². The number of dihydropyridines is 1. The van der Waals surface area contributed by atoms with Crippen molar-refractivity contribution in [1.82, 2.24) is 14.6 Å². The number of thioether (sulfide) groups is 1. The number of imidazole rings is 1. The molecule has 1 aliphatic heterocycles. The summed E-state index contributed by atoms with van der Waals surface area (Å²) in [6.45, 7) is 2.80. The first-order valence-electron chi connectivity index (χ1n) is 6.53. The average Bonchev–Trinajstić information content (AvgIpc) is 2.90. The summed E-state index contributed by atoms with van der Waals surface area (Å²) in [4.78, 5) is 9.94. The Balaban J connectivity index is 2.09. The second-order valence-electron chi connectivity index (χ2n) is 4.85. The molecular weight excluding hydrogens is 294 g/mol. The molecule has 21 heavy (non-hydrogen) atoms. The highest BCUT2D eigenvalue weighted by atomic mass is 32.2. The Morgan fingerprint density at radius 3 is 2.90 bits per heavy atom. The van der Waals surface area contributed by atoms with E-state index in [9.17, 15) is 8.78 Å². The van der Waals surface area contributed by atoms with Crippen molar-refractivity contribution in [3.8, 4) is 0 Å². The van der Waals surface area contributed by atoms with Crippen LogP contribution >= 0.6 is 11.8 Å². The van der Waals surface area contributed by atoms with Gasteiger partial charge in [0.15, 0.2) is 5.65 Å². The van der Waals surface area contributed by atoms with Crippen LogP contribution in [-0.2, 0) is 0 Å². The largest absolute Gasteiger partial charge is 0.282 e. The number of aliphatic imine (C=N–C) groups is 1. The number of aromatic nitrogens is 3. The van der Waals surface area contributed by atoms with Gasteiger partial charge in [-0.3, -0.25) is 4.99 Å². The Morgan fingerprint density at radius 1 is 1.38 bits per heavy atom. The number of fused-ring (bicyclic) bond motifs is 1. The predicted octanol–water partition coefficient (Wildman–Crippen LogP) is 3.35. The molecule has 1 atom stereocenters. The fraction of sp³-hybridized carbons (Fsp3) is 0.357. The van der Waals surface area contributed by atoms with Gasteiger partial charge in [-0.1, -0.05) is 6.92 Å². The number of hydrogen-bond donors (Lipinski definition) is 0. The Hall–Kier alpha value is -1.76. The zero-order valence-corrected chi connectivity index (χ0v) is 12.4. The summed E-state index contributed by atoms with van der Waals surface area (Å²) in [5.74, 6) is 0.382. The zero-order valence-electron chi connectivity index (χ0n) is 11.6. The van der Waals surface area contributed by atoms with Crippen LogP contribution in [0.4, 0.5) is 8.78 Å². The van der Waals surface area contributed by atoms with Crippen LogP contribution in [-0.4, -0.2) is 33.1 Å². The van der Waals surface area contributed by atoms with Crippen molar-refractivity contribution < 1.29 is 8.78 Å². The fourth-order valence-electron chi connectivity index (χ4n) is 2.24. The first-order chi connectivity index (χ1) is 10.1. The number of hydrogen-bond acceptors (Lipinski definition) is 4. The van der Waals surface area contributed by atoms with Crippen LogP contribution in [0.5, 0.6) is 0 Å². The summed E-state index contributed by atoms with van der Waals surface area (Å²) >= 11 is 1.68. The van der Waals surface area contributed by atoms with E-state index < -0.39 is 6.43 Å². The lowest BCUT2D eigenvalue weighted by atomic mass is 10.1. The van der Waals surface area contributed by atoms with Crippen LogP contribution in [0.25, 0.3) is 5.65 Å². The number of rotatable bonds is 3. The average molecular weight is 308 g/mol. The van der Waals surface area contributed by atoms with E-state index in [0.29, 0.717) is 23.8 Å². The Morgan fingerprint density at radius 2 is 2.19 bits per heavy atom. The van der Waals surface area contributed by atoms with Gasteiger partial charge >= 0.3 is 0 Å². The van der Waals surface area contributed by atoms with E-state index in [1.807, 2.05) is 12.3 Å². The molecule has 2 aromatic rings. The van der Waals surface area contributed by atoms with Crippen LogP contribution < -0.4 is 0 Å². The summed E-state index contributed by atoms with van der Waals surface area (Å²) in [7, 11) is 0. The fourth-order valence-corrected chi connectivity index (χ4v) is 2.95. The third kappa shape index (κ3) is 2.57. The van der Waals surface area contributed by atoms with Crippen molar-refractivity contribution in [3.63, 3.8) is 0 Å². The minimum atomic E-state index is -2.60. The molecule has 0 aliphatic carbocycles. The van der Waals surface area contributed by atoms with Gasteiger partial charge in [-0.05, 0) is 29.4 Å². The quantitative estimate of drug-likeness (QED) is 0.873. The molecule has 0 fully saturated rings. The van der Waals surface area contributed by atoms with Crippen molar-refractivity contribution in [2.75, 3.05) is 12.8 Å². The molecule has 0 radical (unpaired) electrons. The Bertz CT molecular complexity index is 736. The topological polar surface area (TPSA) is 42.5 Å². The standard InChI is InChI=1S/C14H14F2N4S/c1-8-6-17-10(5-12(8)21-2)11-7-18-13-4-3-9(14(15)16)19-20(11)13/h3-5,7-8,14H,6H2,1-2H3. The maximum absolute atomic E-state index is 12.8. The number of allylic oxidation sites excluding steroid dienone is 1. The summed E-state index contributed by atoms with van der Waals surface area (Å²) in [5.41, 5.74) is 1.66. The van der Waals surface area contributed by atoms with Crippen molar-refractivity contribution >= 4 is 23.1 Å². The smallest absolute Gasteiger partial charge is 0.282 e. The molecule has 0 aromatic carbocycles. The van der Waals surface area contributed by atoms with E-state index in [-0.39, 0.29) is 5.69 Å². The van der Waals surface area contributed by atoms with Crippen LogP contribution in [0.1, 0.15) is 24.7 Å². The summed E-state index contributed by atoms with van der Waals surface area (Å²) in [5, 5.41) is 3.97. The van der Waals surface area contributed by atoms with Crippen molar-refractivity contribution in [2.24, 2.45) is 10.9 Å². The van der Waals surface area contributed by atoms with E-state index in [1.54, 1.807) is 24.0 Å². The summed E-state index contributed by atoms with van der Waals surface area (Å²) in [6, 6.07) is 2.84. The molecular formula is C14H14F2N4S.